The second-order valence-corrected chi connectivity index (χ2v) is 7.36. The first-order chi connectivity index (χ1) is 16.5. The quantitative estimate of drug-likeness (QED) is 0.412. The van der Waals surface area contributed by atoms with Crippen LogP contribution < -0.4 is 25.9 Å². The minimum Gasteiger partial charge on any atom is -0.494 e. The minimum atomic E-state index is -0.522. The van der Waals surface area contributed by atoms with Crippen molar-refractivity contribution in [3.63, 3.8) is 0 Å². The van der Waals surface area contributed by atoms with Gasteiger partial charge >= 0.3 is 5.76 Å². The molecule has 0 atom stereocenters. The summed E-state index contributed by atoms with van der Waals surface area (Å²) in [5.41, 5.74) is 2.34. The molecule has 174 valence electrons. The molecule has 0 aliphatic carbocycles. The Morgan fingerprint density at radius 3 is 2.18 bits per heavy atom. The van der Waals surface area contributed by atoms with Crippen LogP contribution in [0.1, 0.15) is 16.8 Å². The average molecular weight is 461 g/mol. The van der Waals surface area contributed by atoms with E-state index in [1.54, 1.807) is 60.7 Å². The highest BCUT2D eigenvalue weighted by Gasteiger charge is 2.17. The van der Waals surface area contributed by atoms with Gasteiger partial charge in [-0.15, -0.1) is 0 Å². The Morgan fingerprint density at radius 2 is 1.50 bits per heavy atom. The zero-order chi connectivity index (χ0) is 24.1. The molecule has 0 fully saturated rings. The minimum absolute atomic E-state index is 0.0292. The zero-order valence-corrected chi connectivity index (χ0v) is 18.7. The topological polar surface area (TPSA) is 112 Å². The Labute approximate surface area is 194 Å². The fraction of sp³-hybridized carbons (Fsp3) is 0.160. The Hall–Kier alpha value is -4.53. The molecule has 3 aromatic carbocycles. The van der Waals surface area contributed by atoms with Gasteiger partial charge < -0.3 is 24.5 Å². The van der Waals surface area contributed by atoms with Gasteiger partial charge in [-0.05, 0) is 24.3 Å². The van der Waals surface area contributed by atoms with Gasteiger partial charge in [-0.1, -0.05) is 30.3 Å². The van der Waals surface area contributed by atoms with E-state index in [0.717, 1.165) is 0 Å². The number of nitrogens with one attached hydrogen (secondary N) is 2. The summed E-state index contributed by atoms with van der Waals surface area (Å²) >= 11 is 0. The third-order valence-corrected chi connectivity index (χ3v) is 5.22. The van der Waals surface area contributed by atoms with Crippen LogP contribution >= 0.6 is 0 Å². The van der Waals surface area contributed by atoms with Gasteiger partial charge in [0.25, 0.3) is 5.91 Å². The predicted octanol–water partition coefficient (Wildman–Crippen LogP) is 3.89. The Balaban J connectivity index is 1.49. The van der Waals surface area contributed by atoms with E-state index in [2.05, 4.69) is 10.6 Å². The molecule has 2 amide bonds. The van der Waals surface area contributed by atoms with Gasteiger partial charge in [0.1, 0.15) is 11.5 Å². The molecule has 1 aromatic heterocycles. The number of fused-ring (bicyclic) bond motifs is 1. The van der Waals surface area contributed by atoms with Gasteiger partial charge in [-0.2, -0.15) is 0 Å². The molecule has 0 saturated heterocycles. The van der Waals surface area contributed by atoms with Crippen molar-refractivity contribution >= 4 is 34.3 Å². The lowest BCUT2D eigenvalue weighted by molar-refractivity contribution is -0.116. The van der Waals surface area contributed by atoms with Crippen molar-refractivity contribution < 1.29 is 23.5 Å². The second kappa shape index (κ2) is 9.95. The van der Waals surface area contributed by atoms with E-state index in [9.17, 15) is 14.4 Å². The van der Waals surface area contributed by atoms with Gasteiger partial charge in [-0.3, -0.25) is 14.2 Å². The molecule has 0 aliphatic rings. The standard InChI is InChI=1S/C25H23N3O6/c1-32-21-15-18(27-24(30)16-8-4-3-5-9-16)22(33-2)14-17(21)26-23(29)12-13-28-19-10-6-7-11-20(19)34-25(28)31/h3-11,14-15H,12-13H2,1-2H3,(H,26,29)(H,27,30). The number of benzene rings is 3. The summed E-state index contributed by atoms with van der Waals surface area (Å²) in [5.74, 6) is -0.484. The van der Waals surface area contributed by atoms with E-state index < -0.39 is 5.76 Å². The molecule has 0 saturated carbocycles. The van der Waals surface area contributed by atoms with Crippen molar-refractivity contribution in [1.29, 1.82) is 0 Å². The first-order valence-corrected chi connectivity index (χ1v) is 10.5. The van der Waals surface area contributed by atoms with Crippen molar-refractivity contribution in [2.75, 3.05) is 24.9 Å². The summed E-state index contributed by atoms with van der Waals surface area (Å²) in [5, 5.41) is 5.57. The van der Waals surface area contributed by atoms with Gasteiger partial charge in [0.2, 0.25) is 5.91 Å². The summed E-state index contributed by atoms with van der Waals surface area (Å²) < 4.78 is 17.4. The summed E-state index contributed by atoms with van der Waals surface area (Å²) in [6.45, 7) is 0.145. The van der Waals surface area contributed by atoms with Crippen LogP contribution in [0.2, 0.25) is 0 Å². The number of hydrogen-bond acceptors (Lipinski definition) is 6. The van der Waals surface area contributed by atoms with Gasteiger partial charge in [-0.25, -0.2) is 4.79 Å². The van der Waals surface area contributed by atoms with Crippen molar-refractivity contribution in [3.05, 3.63) is 82.8 Å². The Kier molecular flexibility index (Phi) is 6.63. The second-order valence-electron chi connectivity index (χ2n) is 7.36. The number of amides is 2. The molecule has 4 aromatic rings. The van der Waals surface area contributed by atoms with Gasteiger partial charge in [0, 0.05) is 30.7 Å². The molecule has 0 spiro atoms. The van der Waals surface area contributed by atoms with Crippen LogP contribution in [0.25, 0.3) is 11.1 Å². The third-order valence-electron chi connectivity index (χ3n) is 5.22. The van der Waals surface area contributed by atoms with Crippen LogP contribution in [0, 0.1) is 0 Å². The maximum absolute atomic E-state index is 12.6. The molecular weight excluding hydrogens is 438 g/mol. The van der Waals surface area contributed by atoms with E-state index in [0.29, 0.717) is 39.5 Å². The number of ether oxygens (including phenoxy) is 2. The molecule has 0 aliphatic heterocycles. The maximum atomic E-state index is 12.6. The first kappa shape index (κ1) is 22.7. The molecule has 9 nitrogen and oxygen atoms in total. The number of methoxy groups -OCH3 is 2. The lowest BCUT2D eigenvalue weighted by Crippen LogP contribution is -2.20. The van der Waals surface area contributed by atoms with E-state index in [4.69, 9.17) is 13.9 Å². The van der Waals surface area contributed by atoms with Gasteiger partial charge in [0.05, 0.1) is 31.1 Å². The molecule has 0 unspecified atom stereocenters. The zero-order valence-electron chi connectivity index (χ0n) is 18.7. The number of anilines is 2. The number of oxazole rings is 1. The molecule has 0 bridgehead atoms. The van der Waals surface area contributed by atoms with Crippen molar-refractivity contribution in [2.24, 2.45) is 0 Å². The first-order valence-electron chi connectivity index (χ1n) is 10.5. The number of rotatable bonds is 8. The summed E-state index contributed by atoms with van der Waals surface area (Å²) in [7, 11) is 2.92. The van der Waals surface area contributed by atoms with Gasteiger partial charge in [0.15, 0.2) is 5.58 Å². The molecule has 34 heavy (non-hydrogen) atoms. The van der Waals surface area contributed by atoms with Crippen LogP contribution in [-0.2, 0) is 11.3 Å². The maximum Gasteiger partial charge on any atom is 0.419 e. The predicted molar refractivity (Wildman–Crippen MR) is 128 cm³/mol. The van der Waals surface area contributed by atoms with E-state index in [-0.39, 0.29) is 24.8 Å². The van der Waals surface area contributed by atoms with Crippen LogP contribution in [0.15, 0.2) is 75.9 Å². The number of nitrogens with zero attached hydrogens (tertiary/aromatic N) is 1. The highest BCUT2D eigenvalue weighted by atomic mass is 16.5. The van der Waals surface area contributed by atoms with E-state index >= 15 is 0 Å². The number of hydrogen-bond donors (Lipinski definition) is 2. The normalized spacial score (nSPS) is 10.6. The molecule has 2 N–H and O–H groups in total. The SMILES string of the molecule is COc1cc(NC(=O)c2ccccc2)c(OC)cc1NC(=O)CCn1c(=O)oc2ccccc21. The number of aryl methyl sites for hydroxylation is 1. The van der Waals surface area contributed by atoms with E-state index in [1.165, 1.54) is 18.8 Å². The molecule has 9 heteroatoms. The lowest BCUT2D eigenvalue weighted by atomic mass is 10.2. The largest absolute Gasteiger partial charge is 0.494 e. The van der Waals surface area contributed by atoms with Crippen molar-refractivity contribution in [2.45, 2.75) is 13.0 Å². The van der Waals surface area contributed by atoms with Crippen LogP contribution in [0.5, 0.6) is 11.5 Å². The third kappa shape index (κ3) is 4.78. The number of carbonyl (C=O) groups excluding carboxylic acids is 2. The number of aromatic nitrogens is 1. The molecule has 0 radical (unpaired) electrons. The van der Waals surface area contributed by atoms with Crippen LogP contribution in [-0.4, -0.2) is 30.6 Å². The fourth-order valence-corrected chi connectivity index (χ4v) is 3.53. The lowest BCUT2D eigenvalue weighted by Gasteiger charge is -2.16. The summed E-state index contributed by atoms with van der Waals surface area (Å²) in [4.78, 5) is 37.3. The smallest absolute Gasteiger partial charge is 0.419 e. The molecule has 1 heterocycles. The van der Waals surface area contributed by atoms with Crippen LogP contribution in [0.3, 0.4) is 0 Å². The average Bonchev–Trinajstić information content (AvgIpc) is 3.18. The fourth-order valence-electron chi connectivity index (χ4n) is 3.53. The number of para-hydroxylation sites is 2. The Morgan fingerprint density at radius 1 is 0.882 bits per heavy atom. The number of carbonyl (C=O) groups is 2. The van der Waals surface area contributed by atoms with E-state index in [1.807, 2.05) is 6.07 Å². The highest BCUT2D eigenvalue weighted by molar-refractivity contribution is 6.05. The monoisotopic (exact) mass is 461 g/mol. The van der Waals surface area contributed by atoms with Crippen molar-refractivity contribution in [1.82, 2.24) is 4.57 Å². The molecular formula is C25H23N3O6. The van der Waals surface area contributed by atoms with Crippen LogP contribution in [0.4, 0.5) is 11.4 Å². The molecule has 4 rings (SSSR count). The highest BCUT2D eigenvalue weighted by Crippen LogP contribution is 2.36. The summed E-state index contributed by atoms with van der Waals surface area (Å²) in [6, 6.07) is 18.9. The Bertz CT molecular complexity index is 1390. The summed E-state index contributed by atoms with van der Waals surface area (Å²) in [6.07, 6.45) is 0.0292. The van der Waals surface area contributed by atoms with Crippen molar-refractivity contribution in [3.8, 4) is 11.5 Å².